The van der Waals surface area contributed by atoms with Gasteiger partial charge in [0.15, 0.2) is 11.5 Å². The van der Waals surface area contributed by atoms with Gasteiger partial charge in [0, 0.05) is 6.04 Å². The molecule has 0 amide bonds. The first-order valence-electron chi connectivity index (χ1n) is 7.71. The first-order valence-corrected chi connectivity index (χ1v) is 7.71. The fraction of sp³-hybridized carbons (Fsp3) is 0.312. The molecule has 0 atom stereocenters. The number of anilines is 1. The third-order valence-electron chi connectivity index (χ3n) is 3.90. The molecule has 1 aromatic carbocycles. The van der Waals surface area contributed by atoms with E-state index >= 15 is 0 Å². The molecule has 0 spiro atoms. The highest BCUT2D eigenvalue weighted by molar-refractivity contribution is 5.83. The Morgan fingerprint density at radius 3 is 2.48 bits per heavy atom. The van der Waals surface area contributed by atoms with E-state index in [-0.39, 0.29) is 29.9 Å². The molecule has 130 valence electrons. The molecule has 5 nitrogen and oxygen atoms in total. The van der Waals surface area contributed by atoms with Crippen molar-refractivity contribution >= 4 is 17.0 Å². The van der Waals surface area contributed by atoms with Gasteiger partial charge in [0.25, 0.3) is 0 Å². The predicted molar refractivity (Wildman–Crippen MR) is 82.5 cm³/mol. The molecule has 1 N–H and O–H groups in total. The quantitative estimate of drug-likeness (QED) is 0.730. The van der Waals surface area contributed by atoms with Gasteiger partial charge in [-0.1, -0.05) is 12.1 Å². The van der Waals surface area contributed by atoms with Crippen molar-refractivity contribution in [1.29, 1.82) is 0 Å². The van der Waals surface area contributed by atoms with Crippen molar-refractivity contribution in [2.24, 2.45) is 0 Å². The number of fused-ring (bicyclic) bond motifs is 1. The molecule has 9 heteroatoms. The lowest BCUT2D eigenvalue weighted by molar-refractivity contribution is -0.144. The number of benzene rings is 1. The van der Waals surface area contributed by atoms with E-state index in [1.807, 2.05) is 0 Å². The number of halogens is 4. The molecule has 2 aromatic heterocycles. The fourth-order valence-electron chi connectivity index (χ4n) is 2.49. The molecule has 25 heavy (non-hydrogen) atoms. The second-order valence-corrected chi connectivity index (χ2v) is 5.98. The number of nitrogens with one attached hydrogen (secondary N) is 1. The Morgan fingerprint density at radius 2 is 1.84 bits per heavy atom. The molecule has 0 radical (unpaired) electrons. The lowest BCUT2D eigenvalue weighted by Crippen LogP contribution is -2.15. The van der Waals surface area contributed by atoms with Gasteiger partial charge in [-0.3, -0.25) is 0 Å². The number of hydrogen-bond acceptors (Lipinski definition) is 4. The summed E-state index contributed by atoms with van der Waals surface area (Å²) in [5.74, 6) is -1.49. The Morgan fingerprint density at radius 1 is 1.12 bits per heavy atom. The van der Waals surface area contributed by atoms with E-state index in [0.29, 0.717) is 5.52 Å². The molecule has 1 aliphatic rings. The normalized spacial score (nSPS) is 14.9. The monoisotopic (exact) mass is 351 g/mol. The van der Waals surface area contributed by atoms with Crippen molar-refractivity contribution in [1.82, 2.24) is 19.5 Å². The molecular formula is C16H13F4N5. The van der Waals surface area contributed by atoms with Crippen LogP contribution in [0, 0.1) is 5.82 Å². The first kappa shape index (κ1) is 15.8. The highest BCUT2D eigenvalue weighted by Crippen LogP contribution is 2.32. The fourth-order valence-corrected chi connectivity index (χ4v) is 2.49. The minimum Gasteiger partial charge on any atom is -0.365 e. The van der Waals surface area contributed by atoms with Crippen LogP contribution < -0.4 is 5.32 Å². The van der Waals surface area contributed by atoms with E-state index in [1.54, 1.807) is 12.1 Å². The highest BCUT2D eigenvalue weighted by Gasteiger charge is 2.37. The standard InChI is InChI=1S/C16H13F4N5/c17-10-3-1-9(2-4-10)7-25-8-21-12-13(22-11-5-6-11)23-15(16(18,19)20)24-14(12)25/h1-4,8,11H,5-7H2,(H,22,23,24). The average molecular weight is 351 g/mol. The summed E-state index contributed by atoms with van der Waals surface area (Å²) in [5.41, 5.74) is 1.11. The first-order chi connectivity index (χ1) is 11.9. The zero-order valence-corrected chi connectivity index (χ0v) is 12.9. The molecule has 0 unspecified atom stereocenters. The number of hydrogen-bond donors (Lipinski definition) is 1. The lowest BCUT2D eigenvalue weighted by atomic mass is 10.2. The Balaban J connectivity index is 1.78. The average Bonchev–Trinajstić information content (AvgIpc) is 3.28. The number of imidazole rings is 1. The van der Waals surface area contributed by atoms with Gasteiger partial charge in [0.05, 0.1) is 12.9 Å². The minimum atomic E-state index is -4.65. The Bertz CT molecular complexity index is 913. The molecule has 2 heterocycles. The third kappa shape index (κ3) is 3.26. The Labute approximate surface area is 139 Å². The number of alkyl halides is 3. The van der Waals surface area contributed by atoms with Crippen LogP contribution in [-0.4, -0.2) is 25.6 Å². The van der Waals surface area contributed by atoms with E-state index in [1.165, 1.54) is 23.0 Å². The van der Waals surface area contributed by atoms with Gasteiger partial charge in [0.1, 0.15) is 11.3 Å². The van der Waals surface area contributed by atoms with Gasteiger partial charge in [-0.15, -0.1) is 0 Å². The smallest absolute Gasteiger partial charge is 0.365 e. The molecule has 4 rings (SSSR count). The zero-order valence-electron chi connectivity index (χ0n) is 12.9. The van der Waals surface area contributed by atoms with Crippen LogP contribution in [0.3, 0.4) is 0 Å². The molecule has 3 aromatic rings. The SMILES string of the molecule is Fc1ccc(Cn2cnc3c(NC4CC4)nc(C(F)(F)F)nc32)cc1. The van der Waals surface area contributed by atoms with E-state index in [0.717, 1.165) is 18.4 Å². The van der Waals surface area contributed by atoms with Crippen molar-refractivity contribution in [2.75, 3.05) is 5.32 Å². The summed E-state index contributed by atoms with van der Waals surface area (Å²) in [5, 5.41) is 2.98. The molecule has 0 saturated heterocycles. The van der Waals surface area contributed by atoms with Crippen molar-refractivity contribution in [2.45, 2.75) is 31.6 Å². The largest absolute Gasteiger partial charge is 0.451 e. The highest BCUT2D eigenvalue weighted by atomic mass is 19.4. The van der Waals surface area contributed by atoms with Gasteiger partial charge in [-0.25, -0.2) is 19.3 Å². The summed E-state index contributed by atoms with van der Waals surface area (Å²) in [7, 11) is 0. The van der Waals surface area contributed by atoms with Crippen molar-refractivity contribution in [3.8, 4) is 0 Å². The maximum atomic E-state index is 13.1. The van der Waals surface area contributed by atoms with Crippen LogP contribution >= 0.6 is 0 Å². The van der Waals surface area contributed by atoms with E-state index in [2.05, 4.69) is 20.3 Å². The lowest BCUT2D eigenvalue weighted by Gasteiger charge is -2.10. The van der Waals surface area contributed by atoms with Gasteiger partial charge >= 0.3 is 6.18 Å². The number of rotatable bonds is 4. The molecule has 1 fully saturated rings. The van der Waals surface area contributed by atoms with Crippen molar-refractivity contribution < 1.29 is 17.6 Å². The maximum Gasteiger partial charge on any atom is 0.451 e. The Hall–Kier alpha value is -2.71. The van der Waals surface area contributed by atoms with Gasteiger partial charge in [-0.2, -0.15) is 13.2 Å². The van der Waals surface area contributed by atoms with Gasteiger partial charge < -0.3 is 9.88 Å². The van der Waals surface area contributed by atoms with Crippen LogP contribution in [0.15, 0.2) is 30.6 Å². The van der Waals surface area contributed by atoms with Crippen molar-refractivity contribution in [3.63, 3.8) is 0 Å². The summed E-state index contributed by atoms with van der Waals surface area (Å²) in [6.45, 7) is 0.230. The summed E-state index contributed by atoms with van der Waals surface area (Å²) >= 11 is 0. The third-order valence-corrected chi connectivity index (χ3v) is 3.90. The molecule has 0 bridgehead atoms. The van der Waals surface area contributed by atoms with Crippen LogP contribution in [0.4, 0.5) is 23.4 Å². The minimum absolute atomic E-state index is 0.0924. The second kappa shape index (κ2) is 5.68. The Kier molecular flexibility index (Phi) is 3.59. The topological polar surface area (TPSA) is 55.6 Å². The predicted octanol–water partition coefficient (Wildman–Crippen LogP) is 3.61. The van der Waals surface area contributed by atoms with Crippen LogP contribution in [0.25, 0.3) is 11.2 Å². The van der Waals surface area contributed by atoms with Crippen LogP contribution in [0.5, 0.6) is 0 Å². The number of aromatic nitrogens is 4. The van der Waals surface area contributed by atoms with Crippen LogP contribution in [-0.2, 0) is 12.7 Å². The van der Waals surface area contributed by atoms with Gasteiger partial charge in [0.2, 0.25) is 5.82 Å². The van der Waals surface area contributed by atoms with Gasteiger partial charge in [-0.05, 0) is 30.5 Å². The molecule has 1 saturated carbocycles. The van der Waals surface area contributed by atoms with Crippen LogP contribution in [0.2, 0.25) is 0 Å². The number of nitrogens with zero attached hydrogens (tertiary/aromatic N) is 4. The zero-order chi connectivity index (χ0) is 17.6. The summed E-state index contributed by atoms with van der Waals surface area (Å²) in [6, 6.07) is 5.85. The van der Waals surface area contributed by atoms with E-state index < -0.39 is 12.0 Å². The molecule has 1 aliphatic carbocycles. The summed E-state index contributed by atoms with van der Waals surface area (Å²) < 4.78 is 53.9. The summed E-state index contributed by atoms with van der Waals surface area (Å²) in [6.07, 6.45) is -1.45. The second-order valence-electron chi connectivity index (χ2n) is 5.98. The molecular weight excluding hydrogens is 338 g/mol. The van der Waals surface area contributed by atoms with Crippen LogP contribution in [0.1, 0.15) is 24.2 Å². The van der Waals surface area contributed by atoms with E-state index in [4.69, 9.17) is 0 Å². The molecule has 0 aliphatic heterocycles. The maximum absolute atomic E-state index is 13.1. The summed E-state index contributed by atoms with van der Waals surface area (Å²) in [4.78, 5) is 11.4. The van der Waals surface area contributed by atoms with E-state index in [9.17, 15) is 17.6 Å². The van der Waals surface area contributed by atoms with Crippen molar-refractivity contribution in [3.05, 3.63) is 47.8 Å².